The molecule has 0 spiro atoms. The fourth-order valence-electron chi connectivity index (χ4n) is 2.22. The molecule has 0 saturated carbocycles. The Bertz CT molecular complexity index is 1070. The number of sulfonamides is 1. The van der Waals surface area contributed by atoms with Crippen LogP contribution in [0.3, 0.4) is 0 Å². The maximum absolute atomic E-state index is 12.5. The molecule has 2 aromatic rings. The van der Waals surface area contributed by atoms with Gasteiger partial charge in [-0.25, -0.2) is 18.1 Å². The molecule has 0 saturated heterocycles. The van der Waals surface area contributed by atoms with Crippen LogP contribution in [0.25, 0.3) is 0 Å². The van der Waals surface area contributed by atoms with Gasteiger partial charge in [0.1, 0.15) is 19.1 Å². The third-order valence-electron chi connectivity index (χ3n) is 3.93. The summed E-state index contributed by atoms with van der Waals surface area (Å²) in [5.74, 6) is 0.352. The molecular weight excluding hydrogens is 420 g/mol. The lowest BCUT2D eigenvalue weighted by molar-refractivity contribution is 0.213. The quantitative estimate of drug-likeness (QED) is 0.436. The first-order valence-corrected chi connectivity index (χ1v) is 11.4. The summed E-state index contributed by atoms with van der Waals surface area (Å²) in [5, 5.41) is 6.76. The zero-order valence-corrected chi connectivity index (χ0v) is 18.4. The van der Waals surface area contributed by atoms with Crippen LogP contribution in [0.15, 0.2) is 40.9 Å². The van der Waals surface area contributed by atoms with Gasteiger partial charge in [-0.1, -0.05) is 43.3 Å². The first-order chi connectivity index (χ1) is 13.5. The van der Waals surface area contributed by atoms with Crippen LogP contribution in [0.1, 0.15) is 30.9 Å². The molecule has 0 unspecified atom stereocenters. The second kappa shape index (κ2) is 8.98. The van der Waals surface area contributed by atoms with E-state index in [1.165, 1.54) is 21.2 Å². The summed E-state index contributed by atoms with van der Waals surface area (Å²) in [6, 6.07) is 7.49. The van der Waals surface area contributed by atoms with E-state index < -0.39 is 25.4 Å². The van der Waals surface area contributed by atoms with Crippen LogP contribution in [0.4, 0.5) is 0 Å². The highest BCUT2D eigenvalue weighted by Gasteiger charge is 2.25. The molecule has 0 aliphatic carbocycles. The minimum atomic E-state index is -4.18. The molecule has 0 aliphatic rings. The van der Waals surface area contributed by atoms with Gasteiger partial charge in [0.15, 0.2) is 0 Å². The van der Waals surface area contributed by atoms with Crippen molar-refractivity contribution in [3.05, 3.63) is 41.7 Å². The van der Waals surface area contributed by atoms with Crippen LogP contribution >= 0.6 is 0 Å². The van der Waals surface area contributed by atoms with E-state index >= 15 is 0 Å². The second-order valence-electron chi connectivity index (χ2n) is 6.51. The van der Waals surface area contributed by atoms with Crippen LogP contribution in [0, 0.1) is 0 Å². The molecule has 0 radical (unpaired) electrons. The van der Waals surface area contributed by atoms with Gasteiger partial charge in [0.2, 0.25) is 0 Å². The predicted octanol–water partition coefficient (Wildman–Crippen LogP) is 0.385. The Hall–Kier alpha value is -2.35. The maximum atomic E-state index is 12.5. The van der Waals surface area contributed by atoms with E-state index in [4.69, 9.17) is 4.84 Å². The number of hydrogen-bond acceptors (Lipinski definition) is 8. The van der Waals surface area contributed by atoms with Crippen molar-refractivity contribution in [3.63, 3.8) is 0 Å². The number of hydrogen-bond donors (Lipinski definition) is 1. The normalized spacial score (nSPS) is 13.3. The van der Waals surface area contributed by atoms with E-state index in [2.05, 4.69) is 33.8 Å². The fraction of sp³-hybridized carbons (Fsp3) is 0.438. The van der Waals surface area contributed by atoms with E-state index in [9.17, 15) is 16.8 Å². The van der Waals surface area contributed by atoms with Crippen LogP contribution in [0.5, 0.6) is 0 Å². The molecule has 1 heterocycles. The fourth-order valence-corrected chi connectivity index (χ4v) is 3.79. The third kappa shape index (κ3) is 5.38. The van der Waals surface area contributed by atoms with Gasteiger partial charge in [-0.15, -0.1) is 9.19 Å². The average molecular weight is 445 g/mol. The lowest BCUT2D eigenvalue weighted by atomic mass is 10.0. The van der Waals surface area contributed by atoms with Crippen molar-refractivity contribution in [1.82, 2.24) is 23.2 Å². The number of aromatic nitrogens is 3. The Morgan fingerprint density at radius 3 is 2.34 bits per heavy atom. The lowest BCUT2D eigenvalue weighted by Crippen LogP contribution is -2.32. The van der Waals surface area contributed by atoms with Crippen LogP contribution in [-0.4, -0.2) is 68.8 Å². The Labute approximate surface area is 170 Å². The number of nitrogens with one attached hydrogen (secondary N) is 1. The van der Waals surface area contributed by atoms with E-state index in [0.717, 1.165) is 16.2 Å². The molecule has 13 heteroatoms. The van der Waals surface area contributed by atoms with Gasteiger partial charge in [0.05, 0.1) is 6.54 Å². The van der Waals surface area contributed by atoms with E-state index in [-0.39, 0.29) is 6.54 Å². The highest BCUT2D eigenvalue weighted by atomic mass is 32.2. The Balaban J connectivity index is 2.21. The van der Waals surface area contributed by atoms with Crippen LogP contribution in [-0.2, 0) is 25.1 Å². The summed E-state index contributed by atoms with van der Waals surface area (Å²) in [4.78, 5) is 8.40. The molecule has 0 atom stereocenters. The highest BCUT2D eigenvalue weighted by Crippen LogP contribution is 2.15. The lowest BCUT2D eigenvalue weighted by Gasteiger charge is -2.10. The van der Waals surface area contributed by atoms with Crippen molar-refractivity contribution in [2.75, 3.05) is 27.7 Å². The third-order valence-corrected chi connectivity index (χ3v) is 6.69. The van der Waals surface area contributed by atoms with Crippen LogP contribution < -0.4 is 4.72 Å². The molecular formula is C16H24N6O5S2. The topological polar surface area (TPSA) is 136 Å². The summed E-state index contributed by atoms with van der Waals surface area (Å²) in [6.07, 6.45) is 0.818. The Morgan fingerprint density at radius 2 is 1.83 bits per heavy atom. The monoisotopic (exact) mass is 444 g/mol. The van der Waals surface area contributed by atoms with Gasteiger partial charge < -0.3 is 4.84 Å². The van der Waals surface area contributed by atoms with Crippen molar-refractivity contribution in [3.8, 4) is 0 Å². The molecule has 2 rings (SSSR count). The van der Waals surface area contributed by atoms with E-state index in [0.29, 0.717) is 21.3 Å². The summed E-state index contributed by atoms with van der Waals surface area (Å²) in [6.45, 7) is 3.93. The molecule has 0 amide bonds. The number of benzene rings is 1. The number of nitrogens with zero attached hydrogens (tertiary/aromatic N) is 5. The largest absolute Gasteiger partial charge is 0.399 e. The van der Waals surface area contributed by atoms with E-state index in [1.807, 2.05) is 24.3 Å². The summed E-state index contributed by atoms with van der Waals surface area (Å²) in [7, 11) is -4.21. The number of rotatable bonds is 9. The van der Waals surface area contributed by atoms with Crippen molar-refractivity contribution in [1.29, 1.82) is 0 Å². The molecule has 0 fully saturated rings. The van der Waals surface area contributed by atoms with Gasteiger partial charge in [-0.05, 0) is 11.5 Å². The zero-order valence-electron chi connectivity index (χ0n) is 16.8. The van der Waals surface area contributed by atoms with Gasteiger partial charge in [-0.3, -0.25) is 0 Å². The summed E-state index contributed by atoms with van der Waals surface area (Å²) < 4.78 is 52.7. The smallest absolute Gasteiger partial charge is 0.323 e. The second-order valence-corrected chi connectivity index (χ2v) is 10.2. The molecule has 11 nitrogen and oxygen atoms in total. The number of oxime groups is 1. The first kappa shape index (κ1) is 22.9. The first-order valence-electron chi connectivity index (χ1n) is 8.53. The minimum absolute atomic E-state index is 0.202. The van der Waals surface area contributed by atoms with Crippen molar-refractivity contribution < 1.29 is 21.7 Å². The van der Waals surface area contributed by atoms with Gasteiger partial charge >= 0.3 is 10.2 Å². The molecule has 160 valence electrons. The standard InChI is InChI=1S/C16H24N6O5S2/c1-12(2)13-6-8-14(9-7-13)15(20-27-5)10-18-28(23,24)16-17-11-22(19-16)29(25,26)21(3)4/h6-9,11-12,18H,10H2,1-5H3/b20-15+. The van der Waals surface area contributed by atoms with Crippen LogP contribution in [0.2, 0.25) is 0 Å². The molecule has 0 bridgehead atoms. The highest BCUT2D eigenvalue weighted by molar-refractivity contribution is 7.89. The van der Waals surface area contributed by atoms with Crippen molar-refractivity contribution in [2.45, 2.75) is 24.9 Å². The van der Waals surface area contributed by atoms with Crippen molar-refractivity contribution >= 4 is 25.9 Å². The Kier molecular flexibility index (Phi) is 7.11. The molecule has 1 aromatic carbocycles. The minimum Gasteiger partial charge on any atom is -0.399 e. The molecule has 0 aliphatic heterocycles. The maximum Gasteiger partial charge on any atom is 0.323 e. The van der Waals surface area contributed by atoms with Gasteiger partial charge in [0.25, 0.3) is 15.2 Å². The molecule has 29 heavy (non-hydrogen) atoms. The van der Waals surface area contributed by atoms with Crippen molar-refractivity contribution in [2.24, 2.45) is 5.16 Å². The predicted molar refractivity (Wildman–Crippen MR) is 107 cm³/mol. The average Bonchev–Trinajstić information content (AvgIpc) is 3.17. The summed E-state index contributed by atoms with van der Waals surface area (Å²) >= 11 is 0. The Morgan fingerprint density at radius 1 is 1.21 bits per heavy atom. The molecule has 1 N–H and O–H groups in total. The molecule has 1 aromatic heterocycles. The summed E-state index contributed by atoms with van der Waals surface area (Å²) in [5.41, 5.74) is 2.14. The SMILES string of the molecule is CO/N=C(\CNS(=O)(=O)c1ncn(S(=O)(=O)N(C)C)n1)c1ccc(C(C)C)cc1. The zero-order chi connectivity index (χ0) is 21.8. The van der Waals surface area contributed by atoms with Gasteiger partial charge in [0, 0.05) is 19.7 Å². The van der Waals surface area contributed by atoms with Gasteiger partial charge in [-0.2, -0.15) is 12.7 Å². The van der Waals surface area contributed by atoms with E-state index in [1.54, 1.807) is 0 Å².